The summed E-state index contributed by atoms with van der Waals surface area (Å²) < 4.78 is 20.6. The first kappa shape index (κ1) is 21.8. The second-order valence-electron chi connectivity index (χ2n) is 7.55. The molecule has 0 fully saturated rings. The predicted molar refractivity (Wildman–Crippen MR) is 119 cm³/mol. The van der Waals surface area contributed by atoms with Gasteiger partial charge in [-0.05, 0) is 60.9 Å². The fourth-order valence-corrected chi connectivity index (χ4v) is 3.73. The number of hydrogen-bond acceptors (Lipinski definition) is 6. The highest BCUT2D eigenvalue weighted by Crippen LogP contribution is 2.32. The topological polar surface area (TPSA) is 81.0 Å². The molecule has 1 aromatic heterocycles. The van der Waals surface area contributed by atoms with Crippen molar-refractivity contribution in [3.63, 3.8) is 0 Å². The van der Waals surface area contributed by atoms with Crippen LogP contribution in [0.2, 0.25) is 5.02 Å². The number of benzene rings is 2. The zero-order valence-corrected chi connectivity index (χ0v) is 18.2. The number of halogens is 2. The Morgan fingerprint density at radius 3 is 2.75 bits per heavy atom. The lowest BCUT2D eigenvalue weighted by atomic mass is 9.97. The average molecular weight is 455 g/mol. The van der Waals surface area contributed by atoms with Crippen LogP contribution < -0.4 is 4.74 Å². The van der Waals surface area contributed by atoms with Crippen molar-refractivity contribution < 1.29 is 23.9 Å². The zero-order chi connectivity index (χ0) is 22.8. The molecule has 0 saturated heterocycles. The summed E-state index contributed by atoms with van der Waals surface area (Å²) in [4.78, 5) is 20.2. The highest BCUT2D eigenvalue weighted by Gasteiger charge is 2.20. The molecule has 1 N–H and O–H groups in total. The normalized spacial score (nSPS) is 13.1. The lowest BCUT2D eigenvalue weighted by Gasteiger charge is -2.15. The van der Waals surface area contributed by atoms with Crippen molar-refractivity contribution in [2.75, 3.05) is 6.61 Å². The molecule has 4 rings (SSSR count). The second kappa shape index (κ2) is 8.96. The molecular formula is C24H20ClFN2O4. The largest absolute Gasteiger partial charge is 0.506 e. The average Bonchev–Trinajstić information content (AvgIpc) is 3.19. The smallest absolute Gasteiger partial charge is 0.340 e. The van der Waals surface area contributed by atoms with Gasteiger partial charge in [0.2, 0.25) is 0 Å². The highest BCUT2D eigenvalue weighted by molar-refractivity contribution is 6.30. The lowest BCUT2D eigenvalue weighted by molar-refractivity contribution is -0.140. The Kier molecular flexibility index (Phi) is 6.10. The number of carbonyl (C=O) groups excluding carboxylic acids is 1. The summed E-state index contributed by atoms with van der Waals surface area (Å²) in [5.41, 5.74) is 4.25. The Bertz CT molecular complexity index is 1240. The van der Waals surface area contributed by atoms with Gasteiger partial charge >= 0.3 is 5.97 Å². The first-order valence-electron chi connectivity index (χ1n) is 9.93. The number of nitrogens with zero attached hydrogens (tertiary/aromatic N) is 2. The van der Waals surface area contributed by atoms with Gasteiger partial charge in [-0.1, -0.05) is 28.9 Å². The highest BCUT2D eigenvalue weighted by atomic mass is 35.5. The fraction of sp³-hybridized carbons (Fsp3) is 0.208. The number of ether oxygens (including phenoxy) is 1. The van der Waals surface area contributed by atoms with Gasteiger partial charge in [0.15, 0.2) is 11.6 Å². The van der Waals surface area contributed by atoms with E-state index in [1.165, 1.54) is 0 Å². The van der Waals surface area contributed by atoms with Gasteiger partial charge in [-0.25, -0.2) is 14.2 Å². The van der Waals surface area contributed by atoms with Crippen molar-refractivity contribution in [2.24, 2.45) is 5.16 Å². The second-order valence-corrected chi connectivity index (χ2v) is 7.99. The molecule has 0 saturated carbocycles. The quantitative estimate of drug-likeness (QED) is 0.522. The Labute approximate surface area is 189 Å². The number of oxime groups is 1. The van der Waals surface area contributed by atoms with E-state index in [0.29, 0.717) is 39.7 Å². The molecule has 2 aromatic carbocycles. The molecule has 32 heavy (non-hydrogen) atoms. The zero-order valence-electron chi connectivity index (χ0n) is 17.5. The predicted octanol–water partition coefficient (Wildman–Crippen LogP) is 5.14. The van der Waals surface area contributed by atoms with E-state index in [4.69, 9.17) is 16.3 Å². The van der Waals surface area contributed by atoms with E-state index in [0.717, 1.165) is 11.1 Å². The van der Waals surface area contributed by atoms with E-state index >= 15 is 4.39 Å². The van der Waals surface area contributed by atoms with Crippen LogP contribution in [-0.4, -0.2) is 28.4 Å². The third-order valence-electron chi connectivity index (χ3n) is 5.23. The maximum absolute atomic E-state index is 15.0. The van der Waals surface area contributed by atoms with E-state index in [1.54, 1.807) is 43.3 Å². The molecule has 6 nitrogen and oxygen atoms in total. The molecule has 1 aliphatic rings. The van der Waals surface area contributed by atoms with E-state index in [9.17, 15) is 9.90 Å². The van der Waals surface area contributed by atoms with Gasteiger partial charge in [0.05, 0.1) is 6.42 Å². The first-order valence-corrected chi connectivity index (χ1v) is 10.3. The molecule has 0 unspecified atom stereocenters. The maximum atomic E-state index is 15.0. The molecule has 2 heterocycles. The molecule has 3 aromatic rings. The minimum atomic E-state index is -0.481. The third kappa shape index (κ3) is 4.57. The molecule has 0 bridgehead atoms. The fourth-order valence-electron chi connectivity index (χ4n) is 3.54. The van der Waals surface area contributed by atoms with Crippen molar-refractivity contribution in [1.29, 1.82) is 0 Å². The monoisotopic (exact) mass is 454 g/mol. The molecule has 164 valence electrons. The number of hydrogen-bond donors (Lipinski definition) is 1. The van der Waals surface area contributed by atoms with Crippen LogP contribution in [0.3, 0.4) is 0 Å². The number of pyridine rings is 1. The summed E-state index contributed by atoms with van der Waals surface area (Å²) in [6.07, 6.45) is 0.414. The molecule has 0 radical (unpaired) electrons. The number of carbonyl (C=O) groups is 1. The Balaban J connectivity index is 1.59. The summed E-state index contributed by atoms with van der Waals surface area (Å²) in [7, 11) is 0. The molecule has 1 aliphatic heterocycles. The van der Waals surface area contributed by atoms with E-state index in [1.807, 2.05) is 13.0 Å². The van der Waals surface area contributed by atoms with E-state index in [2.05, 4.69) is 15.0 Å². The van der Waals surface area contributed by atoms with Gasteiger partial charge < -0.3 is 14.7 Å². The van der Waals surface area contributed by atoms with Gasteiger partial charge in [-0.3, -0.25) is 0 Å². The van der Waals surface area contributed by atoms with Crippen molar-refractivity contribution in [2.45, 2.75) is 26.7 Å². The van der Waals surface area contributed by atoms with Crippen molar-refractivity contribution in [1.82, 2.24) is 4.98 Å². The summed E-state index contributed by atoms with van der Waals surface area (Å²) >= 11 is 6.07. The Morgan fingerprint density at radius 2 is 2.03 bits per heavy atom. The number of aromatic nitrogens is 1. The molecule has 0 amide bonds. The van der Waals surface area contributed by atoms with Crippen LogP contribution in [0.25, 0.3) is 11.3 Å². The summed E-state index contributed by atoms with van der Waals surface area (Å²) in [6, 6.07) is 12.0. The van der Waals surface area contributed by atoms with Crippen LogP contribution in [0.1, 0.15) is 28.8 Å². The summed E-state index contributed by atoms with van der Waals surface area (Å²) in [5, 5.41) is 14.4. The number of aryl methyl sites for hydroxylation is 1. The summed E-state index contributed by atoms with van der Waals surface area (Å²) in [5.74, 6) is -0.809. The standard InChI is InChI=1S/C24H20ClFN2O4/c1-13-8-21(31-12-18-11-22(30)32-28-18)23(26)14(2)19(13)10-17-6-7-20(29)24(27-17)15-4-3-5-16(25)9-15/h3-9,29H,10-12H2,1-2H3. The van der Waals surface area contributed by atoms with E-state index in [-0.39, 0.29) is 24.5 Å². The van der Waals surface area contributed by atoms with Crippen molar-refractivity contribution in [3.8, 4) is 22.8 Å². The van der Waals surface area contributed by atoms with Crippen molar-refractivity contribution >= 4 is 23.3 Å². The number of aromatic hydroxyl groups is 1. The van der Waals surface area contributed by atoms with Gasteiger partial charge in [-0.2, -0.15) is 0 Å². The van der Waals surface area contributed by atoms with E-state index < -0.39 is 11.8 Å². The molecule has 0 atom stereocenters. The first-order chi connectivity index (χ1) is 15.3. The van der Waals surface area contributed by atoms with Crippen LogP contribution in [-0.2, 0) is 16.1 Å². The Hall–Kier alpha value is -3.45. The molecule has 0 spiro atoms. The lowest BCUT2D eigenvalue weighted by Crippen LogP contribution is -2.12. The van der Waals surface area contributed by atoms with Gasteiger partial charge in [0.25, 0.3) is 0 Å². The van der Waals surface area contributed by atoms with Crippen LogP contribution in [0.4, 0.5) is 4.39 Å². The molecule has 0 aliphatic carbocycles. The summed E-state index contributed by atoms with van der Waals surface area (Å²) in [6.45, 7) is 3.53. The van der Waals surface area contributed by atoms with Crippen LogP contribution in [0.15, 0.2) is 47.6 Å². The number of rotatable bonds is 6. The SMILES string of the molecule is Cc1cc(OCC2=NOC(=O)C2)c(F)c(C)c1Cc1ccc(O)c(-c2cccc(Cl)c2)n1. The van der Waals surface area contributed by atoms with Crippen LogP contribution in [0, 0.1) is 19.7 Å². The molecular weight excluding hydrogens is 435 g/mol. The minimum Gasteiger partial charge on any atom is -0.506 e. The van der Waals surface area contributed by atoms with Gasteiger partial charge in [0.1, 0.15) is 23.8 Å². The van der Waals surface area contributed by atoms with Gasteiger partial charge in [0, 0.05) is 22.7 Å². The Morgan fingerprint density at radius 1 is 1.22 bits per heavy atom. The van der Waals surface area contributed by atoms with Crippen molar-refractivity contribution in [3.05, 3.63) is 75.7 Å². The van der Waals surface area contributed by atoms with Crippen LogP contribution >= 0.6 is 11.6 Å². The van der Waals surface area contributed by atoms with Crippen LogP contribution in [0.5, 0.6) is 11.5 Å². The van der Waals surface area contributed by atoms with Gasteiger partial charge in [-0.15, -0.1) is 0 Å². The minimum absolute atomic E-state index is 0.0244. The third-order valence-corrected chi connectivity index (χ3v) is 5.46. The molecule has 8 heteroatoms. The maximum Gasteiger partial charge on any atom is 0.340 e.